The van der Waals surface area contributed by atoms with Crippen molar-refractivity contribution in [3.63, 3.8) is 0 Å². The predicted octanol–water partition coefficient (Wildman–Crippen LogP) is 5.41. The first-order valence-electron chi connectivity index (χ1n) is 21.2. The second-order valence-corrected chi connectivity index (χ2v) is 18.5. The van der Waals surface area contributed by atoms with Crippen LogP contribution in [0.3, 0.4) is 0 Å². The number of oxazole rings is 1. The van der Waals surface area contributed by atoms with Gasteiger partial charge in [-0.05, 0) is 116 Å². The first kappa shape index (κ1) is 43.2. The lowest BCUT2D eigenvalue weighted by Crippen LogP contribution is -2.58. The molecule has 0 unspecified atom stereocenters. The lowest BCUT2D eigenvalue weighted by atomic mass is 9.85. The summed E-state index contributed by atoms with van der Waals surface area (Å²) >= 11 is 0. The van der Waals surface area contributed by atoms with Crippen LogP contribution in [0.25, 0.3) is 22.8 Å². The molecule has 326 valence electrons. The molecule has 4 N–H and O–H groups in total. The molecule has 3 aromatic rings. The second-order valence-electron chi connectivity index (χ2n) is 18.5. The molecule has 0 radical (unpaired) electrons. The molecule has 16 nitrogen and oxygen atoms in total. The maximum absolute atomic E-state index is 14.2. The Morgan fingerprint density at radius 2 is 1.03 bits per heavy atom. The zero-order valence-electron chi connectivity index (χ0n) is 35.9. The van der Waals surface area contributed by atoms with Gasteiger partial charge in [0, 0.05) is 37.3 Å². The number of hydrogen-bond acceptors (Lipinski definition) is 10. The summed E-state index contributed by atoms with van der Waals surface area (Å²) in [7, 11) is 0. The van der Waals surface area contributed by atoms with E-state index in [0.29, 0.717) is 111 Å². The highest BCUT2D eigenvalue weighted by atomic mass is 16.6. The van der Waals surface area contributed by atoms with Crippen molar-refractivity contribution in [3.05, 3.63) is 65.9 Å². The number of carbonyl (C=O) groups excluding carboxylic acids is 6. The van der Waals surface area contributed by atoms with E-state index in [2.05, 4.69) is 4.98 Å². The molecule has 0 aliphatic carbocycles. The zero-order valence-corrected chi connectivity index (χ0v) is 35.9. The summed E-state index contributed by atoms with van der Waals surface area (Å²) in [6.45, 7) is 12.0. The topological polar surface area (TPSA) is 212 Å². The summed E-state index contributed by atoms with van der Waals surface area (Å²) in [5.74, 6) is -1.21. The van der Waals surface area contributed by atoms with Crippen molar-refractivity contribution in [2.24, 2.45) is 11.5 Å². The Morgan fingerprint density at radius 1 is 0.623 bits per heavy atom. The van der Waals surface area contributed by atoms with Crippen molar-refractivity contribution >= 4 is 35.8 Å². The summed E-state index contributed by atoms with van der Waals surface area (Å²) in [5, 5.41) is 0. The molecular weight excluding hydrogens is 783 g/mol. The van der Waals surface area contributed by atoms with Crippen LogP contribution in [0.15, 0.2) is 59.1 Å². The molecule has 0 bridgehead atoms. The highest BCUT2D eigenvalue weighted by Gasteiger charge is 2.54. The van der Waals surface area contributed by atoms with Crippen LogP contribution in [-0.2, 0) is 39.7 Å². The van der Waals surface area contributed by atoms with Crippen molar-refractivity contribution in [2.45, 2.75) is 127 Å². The number of rotatable bonds is 8. The third kappa shape index (κ3) is 8.04. The number of benzene rings is 2. The maximum Gasteiger partial charge on any atom is 0.410 e. The normalized spacial score (nSPS) is 24.3. The van der Waals surface area contributed by atoms with Crippen LogP contribution in [0.5, 0.6) is 0 Å². The van der Waals surface area contributed by atoms with Crippen LogP contribution in [0, 0.1) is 0 Å². The van der Waals surface area contributed by atoms with Crippen molar-refractivity contribution < 1.29 is 42.7 Å². The molecule has 7 rings (SSSR count). The van der Waals surface area contributed by atoms with E-state index >= 15 is 0 Å². The van der Waals surface area contributed by atoms with Gasteiger partial charge in [0.05, 0.1) is 6.20 Å². The molecule has 0 spiro atoms. The van der Waals surface area contributed by atoms with Crippen LogP contribution in [0.4, 0.5) is 9.59 Å². The fraction of sp³-hybridized carbons (Fsp3) is 0.533. The van der Waals surface area contributed by atoms with Gasteiger partial charge in [0.2, 0.25) is 29.5 Å². The maximum atomic E-state index is 14.2. The van der Waals surface area contributed by atoms with E-state index in [4.69, 9.17) is 25.4 Å². The molecule has 5 heterocycles. The minimum atomic E-state index is -1.41. The Balaban J connectivity index is 1.08. The van der Waals surface area contributed by atoms with E-state index in [1.54, 1.807) is 96.3 Å². The van der Waals surface area contributed by atoms with Gasteiger partial charge in [0.1, 0.15) is 34.4 Å². The molecule has 4 aliphatic rings. The summed E-state index contributed by atoms with van der Waals surface area (Å²) < 4.78 is 17.4. The SMILES string of the molecule is CC(C)(C)OC(=O)N1CCC[C@@H]1C(=O)N1CCC[C@@]1(C(N)=O)c1ccc(-c2cnc(-c3ccc([C@]4(C(N)=O)CCCN4C(=O)[C@H]4CCCN4C(=O)OC(C)(C)C)cc3)o2)cc1. The molecule has 4 aliphatic heterocycles. The number of primary amides is 2. The van der Waals surface area contributed by atoms with E-state index in [-0.39, 0.29) is 11.8 Å². The van der Waals surface area contributed by atoms with E-state index in [1.165, 1.54) is 19.6 Å². The Labute approximate surface area is 355 Å². The van der Waals surface area contributed by atoms with Crippen molar-refractivity contribution in [3.8, 4) is 22.8 Å². The average molecular weight is 840 g/mol. The molecule has 16 heteroatoms. The molecular formula is C45H57N7O9. The Kier molecular flexibility index (Phi) is 11.4. The quantitative estimate of drug-likeness (QED) is 0.294. The van der Waals surface area contributed by atoms with Crippen LogP contribution < -0.4 is 11.5 Å². The van der Waals surface area contributed by atoms with Crippen molar-refractivity contribution in [1.29, 1.82) is 0 Å². The zero-order chi connectivity index (χ0) is 44.1. The third-order valence-corrected chi connectivity index (χ3v) is 12.2. The number of aromatic nitrogens is 1. The first-order chi connectivity index (χ1) is 28.8. The van der Waals surface area contributed by atoms with Gasteiger partial charge in [0.25, 0.3) is 0 Å². The van der Waals surface area contributed by atoms with Crippen LogP contribution >= 0.6 is 0 Å². The van der Waals surface area contributed by atoms with E-state index in [1.807, 2.05) is 0 Å². The van der Waals surface area contributed by atoms with Gasteiger partial charge in [-0.25, -0.2) is 14.6 Å². The highest BCUT2D eigenvalue weighted by Crippen LogP contribution is 2.43. The van der Waals surface area contributed by atoms with E-state index in [0.717, 1.165) is 0 Å². The molecule has 1 aromatic heterocycles. The molecule has 61 heavy (non-hydrogen) atoms. The molecule has 0 saturated carbocycles. The van der Waals surface area contributed by atoms with Crippen LogP contribution in [0.1, 0.15) is 104 Å². The Morgan fingerprint density at radius 3 is 1.43 bits per heavy atom. The minimum Gasteiger partial charge on any atom is -0.444 e. The van der Waals surface area contributed by atoms with Crippen LogP contribution in [0.2, 0.25) is 0 Å². The van der Waals surface area contributed by atoms with Gasteiger partial charge in [-0.1, -0.05) is 36.4 Å². The third-order valence-electron chi connectivity index (χ3n) is 12.2. The fourth-order valence-corrected chi connectivity index (χ4v) is 9.46. The molecule has 4 atom stereocenters. The standard InChI is InChI=1S/C45H57N7O9/c1-42(2,3)60-40(57)49-23-7-11-32(49)36(53)51-25-9-21-44(51,38(46)55)30-17-13-28(14-18-30)34-27-48-35(59-34)29-15-19-31(20-16-29)45(39(47)56)22-10-26-52(45)37(54)33-12-8-24-50(33)41(58)61-43(4,5)6/h13-20,27,32-33H,7-12,21-26H2,1-6H3,(H2,46,55)(H2,47,56)/t32-,33-,44+,45+/m1/s1. The number of hydrogen-bond donors (Lipinski definition) is 2. The molecule has 6 amide bonds. The monoisotopic (exact) mass is 839 g/mol. The summed E-state index contributed by atoms with van der Waals surface area (Å²) in [6, 6.07) is 12.6. The number of nitrogens with zero attached hydrogens (tertiary/aromatic N) is 5. The average Bonchev–Trinajstić information content (AvgIpc) is 4.05. The summed E-state index contributed by atoms with van der Waals surface area (Å²) in [4.78, 5) is 91.6. The molecule has 4 saturated heterocycles. The smallest absolute Gasteiger partial charge is 0.410 e. The van der Waals surface area contributed by atoms with E-state index < -0.39 is 58.4 Å². The van der Waals surface area contributed by atoms with Crippen LogP contribution in [-0.4, -0.2) is 110 Å². The molecule has 2 aromatic carbocycles. The lowest BCUT2D eigenvalue weighted by Gasteiger charge is -2.39. The summed E-state index contributed by atoms with van der Waals surface area (Å²) in [5.41, 5.74) is 10.4. The van der Waals surface area contributed by atoms with Gasteiger partial charge in [-0.15, -0.1) is 0 Å². The number of carbonyl (C=O) groups is 6. The predicted molar refractivity (Wildman–Crippen MR) is 223 cm³/mol. The highest BCUT2D eigenvalue weighted by molar-refractivity contribution is 5.96. The van der Waals surface area contributed by atoms with Gasteiger partial charge in [0.15, 0.2) is 5.76 Å². The first-order valence-corrected chi connectivity index (χ1v) is 21.2. The minimum absolute atomic E-state index is 0.310. The molecule has 4 fully saturated rings. The number of ether oxygens (including phenoxy) is 2. The Hall–Kier alpha value is -5.93. The summed E-state index contributed by atoms with van der Waals surface area (Å²) in [6.07, 6.45) is 4.43. The second kappa shape index (κ2) is 16.2. The van der Waals surface area contributed by atoms with Gasteiger partial charge in [-0.2, -0.15) is 0 Å². The number of likely N-dealkylation sites (tertiary alicyclic amines) is 4. The van der Waals surface area contributed by atoms with Crippen molar-refractivity contribution in [1.82, 2.24) is 24.6 Å². The largest absolute Gasteiger partial charge is 0.444 e. The lowest BCUT2D eigenvalue weighted by molar-refractivity contribution is -0.147. The van der Waals surface area contributed by atoms with E-state index in [9.17, 15) is 28.8 Å². The van der Waals surface area contributed by atoms with Gasteiger partial charge < -0.3 is 35.2 Å². The fourth-order valence-electron chi connectivity index (χ4n) is 9.46. The van der Waals surface area contributed by atoms with Crippen molar-refractivity contribution in [2.75, 3.05) is 26.2 Å². The number of nitrogens with two attached hydrogens (primary N) is 2. The van der Waals surface area contributed by atoms with Gasteiger partial charge in [-0.3, -0.25) is 29.0 Å². The number of amides is 6. The Bertz CT molecular complexity index is 2040. The van der Waals surface area contributed by atoms with Gasteiger partial charge >= 0.3 is 12.2 Å².